The molecule has 84 valence electrons. The van der Waals surface area contributed by atoms with Gasteiger partial charge in [-0.1, -0.05) is 0 Å². The molecule has 1 aliphatic rings. The smallest absolute Gasteiger partial charge is 0.103 e. The van der Waals surface area contributed by atoms with Crippen LogP contribution in [0.3, 0.4) is 0 Å². The molecule has 1 saturated carbocycles. The Morgan fingerprint density at radius 3 is 2.75 bits per heavy atom. The molecular formula is C12H15N3O. The number of aromatic nitrogens is 1. The molecule has 4 nitrogen and oxygen atoms in total. The van der Waals surface area contributed by atoms with Crippen molar-refractivity contribution >= 4 is 5.69 Å². The van der Waals surface area contributed by atoms with E-state index in [1.807, 2.05) is 19.9 Å². The molecular weight excluding hydrogens is 202 g/mol. The lowest BCUT2D eigenvalue weighted by molar-refractivity contribution is 0.0836. The van der Waals surface area contributed by atoms with Gasteiger partial charge in [-0.2, -0.15) is 5.26 Å². The summed E-state index contributed by atoms with van der Waals surface area (Å²) in [5, 5.41) is 21.6. The van der Waals surface area contributed by atoms with Crippen molar-refractivity contribution in [1.82, 2.24) is 4.98 Å². The van der Waals surface area contributed by atoms with Gasteiger partial charge in [-0.15, -0.1) is 0 Å². The molecule has 0 aliphatic heterocycles. The van der Waals surface area contributed by atoms with E-state index >= 15 is 0 Å². The molecule has 2 rings (SSSR count). The molecule has 0 amide bonds. The molecule has 0 unspecified atom stereocenters. The lowest BCUT2D eigenvalue weighted by atomic mass is 9.89. The average Bonchev–Trinajstić information content (AvgIpc) is 2.14. The Morgan fingerprint density at radius 1 is 1.50 bits per heavy atom. The molecule has 0 radical (unpaired) electrons. The van der Waals surface area contributed by atoms with Gasteiger partial charge in [-0.3, -0.25) is 4.98 Å². The molecule has 1 aromatic rings. The van der Waals surface area contributed by atoms with Crippen molar-refractivity contribution in [3.8, 4) is 6.07 Å². The third kappa shape index (κ3) is 2.00. The van der Waals surface area contributed by atoms with Gasteiger partial charge in [0.2, 0.25) is 0 Å². The number of nitriles is 1. The maximum atomic E-state index is 9.21. The van der Waals surface area contributed by atoms with Crippen LogP contribution in [0.1, 0.15) is 29.8 Å². The third-order valence-corrected chi connectivity index (χ3v) is 2.91. The van der Waals surface area contributed by atoms with E-state index in [4.69, 9.17) is 5.26 Å². The van der Waals surface area contributed by atoms with Crippen molar-refractivity contribution in [2.24, 2.45) is 0 Å². The van der Waals surface area contributed by atoms with Crippen LogP contribution in [0.2, 0.25) is 0 Å². The highest BCUT2D eigenvalue weighted by molar-refractivity contribution is 5.60. The summed E-state index contributed by atoms with van der Waals surface area (Å²) in [6.07, 6.45) is 1.32. The van der Waals surface area contributed by atoms with Crippen molar-refractivity contribution in [3.63, 3.8) is 0 Å². The van der Waals surface area contributed by atoms with Gasteiger partial charge in [0.25, 0.3) is 0 Å². The van der Waals surface area contributed by atoms with Gasteiger partial charge in [-0.25, -0.2) is 0 Å². The third-order valence-electron chi connectivity index (χ3n) is 2.91. The minimum absolute atomic E-state index is 0.188. The summed E-state index contributed by atoms with van der Waals surface area (Å²) < 4.78 is 0. The maximum Gasteiger partial charge on any atom is 0.103 e. The van der Waals surface area contributed by atoms with E-state index in [0.29, 0.717) is 5.56 Å². The second kappa shape index (κ2) is 4.11. The Bertz CT molecular complexity index is 444. The van der Waals surface area contributed by atoms with Crippen LogP contribution in [0.4, 0.5) is 5.69 Å². The van der Waals surface area contributed by atoms with Crippen molar-refractivity contribution in [1.29, 1.82) is 5.26 Å². The predicted molar refractivity (Wildman–Crippen MR) is 61.1 cm³/mol. The summed E-state index contributed by atoms with van der Waals surface area (Å²) in [4.78, 5) is 4.26. The van der Waals surface area contributed by atoms with Crippen molar-refractivity contribution in [2.75, 3.05) is 5.32 Å². The van der Waals surface area contributed by atoms with Crippen molar-refractivity contribution in [2.45, 2.75) is 38.8 Å². The molecule has 0 atom stereocenters. The number of hydrogen-bond donors (Lipinski definition) is 2. The van der Waals surface area contributed by atoms with Gasteiger partial charge in [0, 0.05) is 11.7 Å². The fourth-order valence-electron chi connectivity index (χ4n) is 2.01. The van der Waals surface area contributed by atoms with Gasteiger partial charge in [0.15, 0.2) is 0 Å². The van der Waals surface area contributed by atoms with Crippen LogP contribution >= 0.6 is 0 Å². The lowest BCUT2D eigenvalue weighted by Crippen LogP contribution is -2.39. The first-order valence-electron chi connectivity index (χ1n) is 5.43. The summed E-state index contributed by atoms with van der Waals surface area (Å²) >= 11 is 0. The molecule has 1 fully saturated rings. The normalized spacial score (nSPS) is 23.4. The van der Waals surface area contributed by atoms with E-state index in [-0.39, 0.29) is 12.1 Å². The van der Waals surface area contributed by atoms with Crippen molar-refractivity contribution < 1.29 is 5.11 Å². The summed E-state index contributed by atoms with van der Waals surface area (Å²) in [6.45, 7) is 3.75. The number of pyridine rings is 1. The molecule has 1 aliphatic carbocycles. The molecule has 1 heterocycles. The summed E-state index contributed by atoms with van der Waals surface area (Å²) in [7, 11) is 0. The molecule has 4 heteroatoms. The minimum Gasteiger partial charge on any atom is -0.393 e. The van der Waals surface area contributed by atoms with Crippen LogP contribution in [0.25, 0.3) is 0 Å². The highest BCUT2D eigenvalue weighted by atomic mass is 16.3. The minimum atomic E-state index is -0.188. The molecule has 0 aromatic carbocycles. The summed E-state index contributed by atoms with van der Waals surface area (Å²) in [6, 6.07) is 4.33. The number of nitrogens with one attached hydrogen (secondary N) is 1. The molecule has 0 saturated heterocycles. The van der Waals surface area contributed by atoms with E-state index in [1.165, 1.54) is 0 Å². The molecule has 1 aromatic heterocycles. The van der Waals surface area contributed by atoms with E-state index in [9.17, 15) is 5.11 Å². The highest BCUT2D eigenvalue weighted by Crippen LogP contribution is 2.26. The first-order valence-corrected chi connectivity index (χ1v) is 5.43. The van der Waals surface area contributed by atoms with Gasteiger partial charge in [-0.05, 0) is 32.8 Å². The topological polar surface area (TPSA) is 68.9 Å². The number of anilines is 1. The highest BCUT2D eigenvalue weighted by Gasteiger charge is 2.27. The Morgan fingerprint density at radius 2 is 2.19 bits per heavy atom. The van der Waals surface area contributed by atoms with E-state index < -0.39 is 0 Å². The zero-order valence-electron chi connectivity index (χ0n) is 9.49. The molecule has 16 heavy (non-hydrogen) atoms. The first-order chi connectivity index (χ1) is 7.60. The van der Waals surface area contributed by atoms with Gasteiger partial charge in [0.1, 0.15) is 6.07 Å². The Labute approximate surface area is 94.9 Å². The van der Waals surface area contributed by atoms with E-state index in [0.717, 1.165) is 29.9 Å². The van der Waals surface area contributed by atoms with E-state index in [1.54, 1.807) is 0 Å². The second-order valence-electron chi connectivity index (χ2n) is 4.35. The molecule has 0 spiro atoms. The van der Waals surface area contributed by atoms with Crippen LogP contribution in [0.15, 0.2) is 6.07 Å². The largest absolute Gasteiger partial charge is 0.393 e. The average molecular weight is 217 g/mol. The summed E-state index contributed by atoms with van der Waals surface area (Å²) in [5.74, 6) is 0. The van der Waals surface area contributed by atoms with Crippen molar-refractivity contribution in [3.05, 3.63) is 23.0 Å². The van der Waals surface area contributed by atoms with Gasteiger partial charge < -0.3 is 10.4 Å². The Kier molecular flexibility index (Phi) is 2.80. The number of aliphatic hydroxyl groups excluding tert-OH is 1. The zero-order valence-corrected chi connectivity index (χ0v) is 9.49. The fourth-order valence-corrected chi connectivity index (χ4v) is 2.01. The number of aryl methyl sites for hydroxylation is 2. The molecule has 2 N–H and O–H groups in total. The van der Waals surface area contributed by atoms with Crippen LogP contribution in [-0.2, 0) is 0 Å². The quantitative estimate of drug-likeness (QED) is 0.787. The standard InChI is InChI=1S/C12H15N3O/c1-7-3-12(11(6-13)8(2)14-7)15-9-4-10(16)5-9/h3,9-10,16H,4-5H2,1-2H3,(H,14,15). The van der Waals surface area contributed by atoms with Crippen LogP contribution in [0, 0.1) is 25.2 Å². The Hall–Kier alpha value is -1.60. The SMILES string of the molecule is Cc1cc(NC2CC(O)C2)c(C#N)c(C)n1. The number of hydrogen-bond acceptors (Lipinski definition) is 4. The van der Waals surface area contributed by atoms with Crippen LogP contribution < -0.4 is 5.32 Å². The predicted octanol–water partition coefficient (Wildman–Crippen LogP) is 1.51. The van der Waals surface area contributed by atoms with Gasteiger partial charge >= 0.3 is 0 Å². The monoisotopic (exact) mass is 217 g/mol. The maximum absolute atomic E-state index is 9.21. The number of aliphatic hydroxyl groups is 1. The van der Waals surface area contributed by atoms with Gasteiger partial charge in [0.05, 0.1) is 23.0 Å². The molecule has 0 bridgehead atoms. The zero-order chi connectivity index (χ0) is 11.7. The number of nitrogens with zero attached hydrogens (tertiary/aromatic N) is 2. The van der Waals surface area contributed by atoms with E-state index in [2.05, 4.69) is 16.4 Å². The Balaban J connectivity index is 2.22. The van der Waals surface area contributed by atoms with Crippen LogP contribution in [0.5, 0.6) is 0 Å². The lowest BCUT2D eigenvalue weighted by Gasteiger charge is -2.33. The first kappa shape index (κ1) is 10.9. The second-order valence-corrected chi connectivity index (χ2v) is 4.35. The number of rotatable bonds is 2. The summed E-state index contributed by atoms with van der Waals surface area (Å²) in [5.41, 5.74) is 3.10. The van der Waals surface area contributed by atoms with Crippen LogP contribution in [-0.4, -0.2) is 22.2 Å². The fraction of sp³-hybridized carbons (Fsp3) is 0.500.